The van der Waals surface area contributed by atoms with Gasteiger partial charge in [0.2, 0.25) is 0 Å². The van der Waals surface area contributed by atoms with E-state index in [0.29, 0.717) is 16.9 Å². The maximum Gasteiger partial charge on any atom is 0.138 e. The molecule has 1 aliphatic heterocycles. The molecule has 0 amide bonds. The Morgan fingerprint density at radius 3 is 2.71 bits per heavy atom. The van der Waals surface area contributed by atoms with E-state index in [2.05, 4.69) is 36.1 Å². The fourth-order valence-corrected chi connectivity index (χ4v) is 5.41. The molecule has 188 valence electrons. The van der Waals surface area contributed by atoms with E-state index in [-0.39, 0.29) is 5.82 Å². The van der Waals surface area contributed by atoms with Crippen LogP contribution in [0.25, 0.3) is 55.8 Å². The molecule has 1 saturated heterocycles. The number of fused-ring (bicyclic) bond motifs is 2. The smallest absolute Gasteiger partial charge is 0.138 e. The number of hydrogen-bond acceptors (Lipinski definition) is 5. The van der Waals surface area contributed by atoms with Gasteiger partial charge in [-0.2, -0.15) is 5.10 Å². The van der Waals surface area contributed by atoms with Crippen molar-refractivity contribution in [1.82, 2.24) is 35.0 Å². The fraction of sp³-hybridized carbons (Fsp3) is 0.200. The first-order chi connectivity index (χ1) is 18.7. The lowest BCUT2D eigenvalue weighted by atomic mass is 10.0. The molecule has 38 heavy (non-hydrogen) atoms. The van der Waals surface area contributed by atoms with Crippen molar-refractivity contribution in [3.8, 4) is 33.8 Å². The standard InChI is InChI=1S/C30H26FN7/c31-24-7-3-2-6-22(24)21-10-11-33-30-23(21)15-27(35-30)29-28-26(36-37-29)9-8-25(34-28)20-14-19(16-32-17-20)18-38-12-4-1-5-13-38/h2-3,6-11,14-17H,1,4-5,12-13,18H2,(H,33,35)(H,36,37). The minimum absolute atomic E-state index is 0.268. The summed E-state index contributed by atoms with van der Waals surface area (Å²) >= 11 is 0. The Labute approximate surface area is 218 Å². The van der Waals surface area contributed by atoms with Gasteiger partial charge >= 0.3 is 0 Å². The molecule has 0 aliphatic carbocycles. The van der Waals surface area contributed by atoms with Gasteiger partial charge in [-0.25, -0.2) is 14.4 Å². The molecule has 0 radical (unpaired) electrons. The third-order valence-electron chi connectivity index (χ3n) is 7.30. The quantitative estimate of drug-likeness (QED) is 0.286. The Kier molecular flexibility index (Phi) is 5.66. The van der Waals surface area contributed by atoms with Crippen LogP contribution in [0.3, 0.4) is 0 Å². The Morgan fingerprint density at radius 2 is 1.82 bits per heavy atom. The van der Waals surface area contributed by atoms with Crippen LogP contribution in [0.2, 0.25) is 0 Å². The SMILES string of the molecule is Fc1ccccc1-c1ccnc2[nH]c(-c3n[nH]c4ccc(-c5cncc(CN6CCCCC6)c5)nc34)cc12. The zero-order valence-electron chi connectivity index (χ0n) is 20.8. The van der Waals surface area contributed by atoms with Gasteiger partial charge in [0.25, 0.3) is 0 Å². The first kappa shape index (κ1) is 22.7. The zero-order valence-corrected chi connectivity index (χ0v) is 20.8. The number of pyridine rings is 3. The van der Waals surface area contributed by atoms with Gasteiger partial charge in [-0.1, -0.05) is 24.6 Å². The lowest BCUT2D eigenvalue weighted by Gasteiger charge is -2.26. The summed E-state index contributed by atoms with van der Waals surface area (Å²) in [6, 6.07) is 16.8. The average Bonchev–Trinajstić information content (AvgIpc) is 3.58. The second-order valence-electron chi connectivity index (χ2n) is 9.87. The predicted molar refractivity (Wildman–Crippen MR) is 147 cm³/mol. The lowest BCUT2D eigenvalue weighted by molar-refractivity contribution is 0.220. The molecule has 1 aliphatic rings. The molecule has 7 nitrogen and oxygen atoms in total. The number of nitrogens with one attached hydrogen (secondary N) is 2. The van der Waals surface area contributed by atoms with Crippen molar-refractivity contribution in [1.29, 1.82) is 0 Å². The summed E-state index contributed by atoms with van der Waals surface area (Å²) in [6.45, 7) is 3.20. The number of halogens is 1. The van der Waals surface area contributed by atoms with Crippen LogP contribution in [-0.4, -0.2) is 48.1 Å². The topological polar surface area (TPSA) is 86.4 Å². The lowest BCUT2D eigenvalue weighted by Crippen LogP contribution is -2.29. The van der Waals surface area contributed by atoms with Crippen LogP contribution in [0.15, 0.2) is 73.2 Å². The van der Waals surface area contributed by atoms with Crippen LogP contribution in [0.1, 0.15) is 24.8 Å². The maximum absolute atomic E-state index is 14.6. The van der Waals surface area contributed by atoms with Gasteiger partial charge in [-0.05, 0) is 73.5 Å². The summed E-state index contributed by atoms with van der Waals surface area (Å²) in [6.07, 6.45) is 9.35. The molecule has 0 unspecified atom stereocenters. The molecule has 1 aromatic carbocycles. The second-order valence-corrected chi connectivity index (χ2v) is 9.87. The van der Waals surface area contributed by atoms with Gasteiger partial charge in [-0.15, -0.1) is 0 Å². The summed E-state index contributed by atoms with van der Waals surface area (Å²) in [4.78, 5) is 19.8. The maximum atomic E-state index is 14.6. The molecule has 0 atom stereocenters. The molecule has 7 rings (SSSR count). The van der Waals surface area contributed by atoms with Gasteiger partial charge in [0, 0.05) is 41.6 Å². The van der Waals surface area contributed by atoms with Crippen molar-refractivity contribution in [3.63, 3.8) is 0 Å². The van der Waals surface area contributed by atoms with Crippen molar-refractivity contribution in [2.75, 3.05) is 13.1 Å². The van der Waals surface area contributed by atoms with E-state index in [4.69, 9.17) is 4.98 Å². The summed E-state index contributed by atoms with van der Waals surface area (Å²) in [5, 5.41) is 8.49. The molecule has 8 heteroatoms. The molecule has 6 aromatic rings. The van der Waals surface area contributed by atoms with E-state index < -0.39 is 0 Å². The molecule has 6 heterocycles. The zero-order chi connectivity index (χ0) is 25.5. The Bertz CT molecular complexity index is 1760. The first-order valence-corrected chi connectivity index (χ1v) is 13.0. The van der Waals surface area contributed by atoms with E-state index in [0.717, 1.165) is 58.6 Å². The van der Waals surface area contributed by atoms with Crippen molar-refractivity contribution >= 4 is 22.1 Å². The summed E-state index contributed by atoms with van der Waals surface area (Å²) in [7, 11) is 0. The van der Waals surface area contributed by atoms with Crippen molar-refractivity contribution in [2.45, 2.75) is 25.8 Å². The summed E-state index contributed by atoms with van der Waals surface area (Å²) < 4.78 is 14.6. The number of piperidine rings is 1. The largest absolute Gasteiger partial charge is 0.338 e. The third-order valence-corrected chi connectivity index (χ3v) is 7.30. The van der Waals surface area contributed by atoms with Crippen LogP contribution < -0.4 is 0 Å². The molecular formula is C30H26FN7. The third kappa shape index (κ3) is 4.13. The molecule has 2 N–H and O–H groups in total. The number of aromatic amines is 2. The highest BCUT2D eigenvalue weighted by Gasteiger charge is 2.17. The van der Waals surface area contributed by atoms with Crippen LogP contribution in [0, 0.1) is 5.82 Å². The predicted octanol–water partition coefficient (Wildman–Crippen LogP) is 6.36. The van der Waals surface area contributed by atoms with E-state index in [9.17, 15) is 4.39 Å². The van der Waals surface area contributed by atoms with Gasteiger partial charge in [0.15, 0.2) is 0 Å². The Hall–Kier alpha value is -4.43. The van der Waals surface area contributed by atoms with Crippen LogP contribution in [-0.2, 0) is 6.54 Å². The number of aromatic nitrogens is 6. The number of likely N-dealkylation sites (tertiary alicyclic amines) is 1. The van der Waals surface area contributed by atoms with E-state index in [1.54, 1.807) is 18.3 Å². The van der Waals surface area contributed by atoms with Crippen LogP contribution in [0.5, 0.6) is 0 Å². The molecule has 0 saturated carbocycles. The highest BCUT2D eigenvalue weighted by atomic mass is 19.1. The van der Waals surface area contributed by atoms with Gasteiger partial charge in [0.1, 0.15) is 22.7 Å². The van der Waals surface area contributed by atoms with E-state index in [1.807, 2.05) is 42.7 Å². The monoisotopic (exact) mass is 503 g/mol. The molecular weight excluding hydrogens is 477 g/mol. The number of hydrogen-bond donors (Lipinski definition) is 2. The van der Waals surface area contributed by atoms with Crippen LogP contribution in [0.4, 0.5) is 4.39 Å². The molecule has 1 fully saturated rings. The summed E-state index contributed by atoms with van der Waals surface area (Å²) in [5.74, 6) is -0.268. The summed E-state index contributed by atoms with van der Waals surface area (Å²) in [5.41, 5.74) is 8.05. The van der Waals surface area contributed by atoms with E-state index in [1.165, 1.54) is 30.9 Å². The second kappa shape index (κ2) is 9.46. The molecule has 0 spiro atoms. The number of nitrogens with zero attached hydrogens (tertiary/aromatic N) is 5. The normalized spacial score (nSPS) is 14.4. The Morgan fingerprint density at radius 1 is 0.921 bits per heavy atom. The van der Waals surface area contributed by atoms with E-state index >= 15 is 0 Å². The fourth-order valence-electron chi connectivity index (χ4n) is 5.41. The van der Waals surface area contributed by atoms with Gasteiger partial charge in [0.05, 0.1) is 16.9 Å². The van der Waals surface area contributed by atoms with Gasteiger partial charge < -0.3 is 4.98 Å². The minimum atomic E-state index is -0.268. The van der Waals surface area contributed by atoms with Crippen LogP contribution >= 0.6 is 0 Å². The number of benzene rings is 1. The van der Waals surface area contributed by atoms with Gasteiger partial charge in [-0.3, -0.25) is 15.0 Å². The first-order valence-electron chi connectivity index (χ1n) is 13.0. The van der Waals surface area contributed by atoms with Crippen molar-refractivity contribution in [3.05, 3.63) is 84.6 Å². The van der Waals surface area contributed by atoms with Crippen molar-refractivity contribution < 1.29 is 4.39 Å². The molecule has 5 aromatic heterocycles. The van der Waals surface area contributed by atoms with Crippen molar-refractivity contribution in [2.24, 2.45) is 0 Å². The average molecular weight is 504 g/mol. The Balaban J connectivity index is 1.26. The molecule has 0 bridgehead atoms. The highest BCUT2D eigenvalue weighted by molar-refractivity contribution is 5.99. The number of H-pyrrole nitrogens is 2. The highest BCUT2D eigenvalue weighted by Crippen LogP contribution is 2.34. The number of rotatable bonds is 5. The minimum Gasteiger partial charge on any atom is -0.338 e.